The molecule has 234 valence electrons. The van der Waals surface area contributed by atoms with Gasteiger partial charge in [-0.25, -0.2) is 4.79 Å². The molecule has 2 aromatic carbocycles. The van der Waals surface area contributed by atoms with Crippen molar-refractivity contribution in [3.8, 4) is 16.9 Å². The number of carbonyl (C=O) groups excluding carboxylic acids is 2. The predicted octanol–water partition coefficient (Wildman–Crippen LogP) is 9.08. The van der Waals surface area contributed by atoms with Gasteiger partial charge in [-0.2, -0.15) is 0 Å². The number of ether oxygens (including phenoxy) is 3. The summed E-state index contributed by atoms with van der Waals surface area (Å²) in [5.74, 6) is 0.671. The van der Waals surface area contributed by atoms with E-state index in [1.165, 1.54) is 11.3 Å². The molecule has 1 heterocycles. The van der Waals surface area contributed by atoms with Gasteiger partial charge in [0.25, 0.3) is 5.91 Å². The van der Waals surface area contributed by atoms with Crippen LogP contribution in [-0.2, 0) is 9.47 Å². The Morgan fingerprint density at radius 2 is 1.81 bits per heavy atom. The second-order valence-electron chi connectivity index (χ2n) is 13.0. The van der Waals surface area contributed by atoms with Gasteiger partial charge in [0.2, 0.25) is 0 Å². The second kappa shape index (κ2) is 14.9. The second-order valence-corrected chi connectivity index (χ2v) is 20.4. The van der Waals surface area contributed by atoms with Gasteiger partial charge in [-0.1, -0.05) is 50.8 Å². The van der Waals surface area contributed by atoms with Crippen molar-refractivity contribution in [3.05, 3.63) is 68.3 Å². The minimum atomic E-state index is -1.28. The number of anilines is 1. The van der Waals surface area contributed by atoms with Gasteiger partial charge in [0.1, 0.15) is 18.1 Å². The fourth-order valence-electron chi connectivity index (χ4n) is 4.35. The molecule has 7 nitrogen and oxygen atoms in total. The minimum absolute atomic E-state index is 0.0754. The molecular weight excluding hydrogens is 644 g/mol. The highest BCUT2D eigenvalue weighted by Gasteiger charge is 2.25. The third-order valence-corrected chi connectivity index (χ3v) is 9.97. The molecule has 10 heteroatoms. The summed E-state index contributed by atoms with van der Waals surface area (Å²) in [5, 5.41) is 4.87. The summed E-state index contributed by atoms with van der Waals surface area (Å²) in [6.07, 6.45) is -0.427. The molecule has 0 fully saturated rings. The maximum atomic E-state index is 14.0. The van der Waals surface area contributed by atoms with E-state index >= 15 is 0 Å². The van der Waals surface area contributed by atoms with Crippen LogP contribution < -0.4 is 15.0 Å². The van der Waals surface area contributed by atoms with Crippen LogP contribution in [0.3, 0.4) is 0 Å². The number of nitrogens with one attached hydrogen (secondary N) is 1. The Morgan fingerprint density at radius 1 is 1.09 bits per heavy atom. The first kappa shape index (κ1) is 34.8. The summed E-state index contributed by atoms with van der Waals surface area (Å²) in [4.78, 5) is 28.5. The molecule has 43 heavy (non-hydrogen) atoms. The maximum Gasteiger partial charge on any atom is 0.407 e. The Labute approximate surface area is 270 Å². The fraction of sp³-hybridized carbons (Fsp3) is 0.455. The lowest BCUT2D eigenvalue weighted by atomic mass is 9.97. The van der Waals surface area contributed by atoms with Gasteiger partial charge in [-0.3, -0.25) is 9.69 Å². The number of thiophene rings is 1. The van der Waals surface area contributed by atoms with E-state index in [-0.39, 0.29) is 18.6 Å². The van der Waals surface area contributed by atoms with Crippen molar-refractivity contribution in [3.63, 3.8) is 0 Å². The summed E-state index contributed by atoms with van der Waals surface area (Å²) in [7, 11) is 0.348. The van der Waals surface area contributed by atoms with Gasteiger partial charge in [0.15, 0.2) is 0 Å². The van der Waals surface area contributed by atoms with Crippen LogP contribution in [0.5, 0.6) is 5.75 Å². The van der Waals surface area contributed by atoms with E-state index < -0.39 is 19.8 Å². The zero-order valence-electron chi connectivity index (χ0n) is 26.8. The first-order valence-corrected chi connectivity index (χ1v) is 19.9. The van der Waals surface area contributed by atoms with Gasteiger partial charge in [-0.05, 0) is 101 Å². The predicted molar refractivity (Wildman–Crippen MR) is 184 cm³/mol. The van der Waals surface area contributed by atoms with Gasteiger partial charge in [-0.15, -0.1) is 11.3 Å². The highest BCUT2D eigenvalue weighted by molar-refractivity contribution is 9.10. The number of amides is 2. The summed E-state index contributed by atoms with van der Waals surface area (Å²) in [5.41, 5.74) is 4.19. The summed E-state index contributed by atoms with van der Waals surface area (Å²) in [6, 6.07) is 15.0. The van der Waals surface area contributed by atoms with Crippen LogP contribution in [0.1, 0.15) is 54.4 Å². The van der Waals surface area contributed by atoms with E-state index in [9.17, 15) is 9.59 Å². The Bertz CT molecular complexity index is 1390. The van der Waals surface area contributed by atoms with Gasteiger partial charge >= 0.3 is 6.09 Å². The average molecular weight is 690 g/mol. The van der Waals surface area contributed by atoms with Crippen LogP contribution in [0.15, 0.2) is 52.3 Å². The number of carbonyl (C=O) groups is 2. The Hall–Kier alpha value is -2.66. The van der Waals surface area contributed by atoms with Crippen molar-refractivity contribution in [2.24, 2.45) is 0 Å². The molecule has 1 N–H and O–H groups in total. The van der Waals surface area contributed by atoms with Crippen LogP contribution in [0.25, 0.3) is 11.1 Å². The molecular formula is C33H45BrN2O5SSi. The van der Waals surface area contributed by atoms with E-state index in [1.54, 1.807) is 12.0 Å². The number of benzene rings is 2. The standard InChI is InChI=1S/C33H45BrN2O5SSi/c1-22-15-27(39-6)18-28(34)30(22)36(21-40-13-14-43(7,8)9)31(37)29-17-26(20-42-29)25-12-10-11-24(16-25)23(2)19-35-32(38)41-33(3,4)5/h10-12,15-18,20,23H,13-14,19,21H2,1-9H3,(H,35,38). The van der Waals surface area contributed by atoms with E-state index in [0.717, 1.165) is 38.5 Å². The van der Waals surface area contributed by atoms with Crippen molar-refractivity contribution in [2.75, 3.05) is 31.9 Å². The molecule has 1 atom stereocenters. The largest absolute Gasteiger partial charge is 0.497 e. The van der Waals surface area contributed by atoms with Crippen molar-refractivity contribution >= 4 is 53.0 Å². The lowest BCUT2D eigenvalue weighted by Crippen LogP contribution is -2.34. The normalized spacial score (nSPS) is 12.5. The molecule has 1 unspecified atom stereocenters. The highest BCUT2D eigenvalue weighted by Crippen LogP contribution is 2.36. The number of rotatable bonds is 12. The number of methoxy groups -OCH3 is 1. The minimum Gasteiger partial charge on any atom is -0.497 e. The van der Waals surface area contributed by atoms with Crippen LogP contribution >= 0.6 is 27.3 Å². The van der Waals surface area contributed by atoms with Crippen molar-refractivity contribution in [1.82, 2.24) is 5.32 Å². The first-order valence-electron chi connectivity index (χ1n) is 14.5. The first-order chi connectivity index (χ1) is 20.1. The Morgan fingerprint density at radius 3 is 2.44 bits per heavy atom. The topological polar surface area (TPSA) is 77.1 Å². The average Bonchev–Trinajstić information content (AvgIpc) is 3.41. The van der Waals surface area contributed by atoms with Crippen molar-refractivity contribution in [2.45, 2.75) is 71.8 Å². The Balaban J connectivity index is 1.82. The van der Waals surface area contributed by atoms with E-state index in [4.69, 9.17) is 14.2 Å². The molecule has 2 amide bonds. The molecule has 0 radical (unpaired) electrons. The summed E-state index contributed by atoms with van der Waals surface area (Å²) >= 11 is 5.09. The fourth-order valence-corrected chi connectivity index (χ4v) is 6.72. The molecule has 0 aliphatic carbocycles. The molecule has 0 bridgehead atoms. The molecule has 0 saturated heterocycles. The molecule has 3 rings (SSSR count). The molecule has 0 spiro atoms. The zero-order valence-corrected chi connectivity index (χ0v) is 30.2. The number of alkyl carbamates (subject to hydrolysis) is 1. The number of nitrogens with zero attached hydrogens (tertiary/aromatic N) is 1. The molecule has 1 aromatic heterocycles. The van der Waals surface area contributed by atoms with Crippen molar-refractivity contribution in [1.29, 1.82) is 0 Å². The number of aryl methyl sites for hydroxylation is 1. The Kier molecular flexibility index (Phi) is 12.0. The van der Waals surface area contributed by atoms with E-state index in [0.29, 0.717) is 23.8 Å². The third-order valence-electron chi connectivity index (χ3n) is 6.75. The maximum absolute atomic E-state index is 14.0. The third kappa shape index (κ3) is 10.5. The molecule has 0 aliphatic rings. The smallest absolute Gasteiger partial charge is 0.407 e. The van der Waals surface area contributed by atoms with E-state index in [1.807, 2.05) is 69.5 Å². The summed E-state index contributed by atoms with van der Waals surface area (Å²) in [6.45, 7) is 17.7. The van der Waals surface area contributed by atoms with Crippen LogP contribution in [0.4, 0.5) is 10.5 Å². The number of hydrogen-bond donors (Lipinski definition) is 1. The number of hydrogen-bond acceptors (Lipinski definition) is 6. The lowest BCUT2D eigenvalue weighted by molar-refractivity contribution is 0.0525. The SMILES string of the molecule is COc1cc(C)c(N(COCC[Si](C)(C)C)C(=O)c2cc(-c3cccc(C(C)CNC(=O)OC(C)(C)C)c3)cs2)c(Br)c1. The monoisotopic (exact) mass is 688 g/mol. The van der Waals surface area contributed by atoms with Crippen LogP contribution in [0, 0.1) is 6.92 Å². The summed E-state index contributed by atoms with van der Waals surface area (Å²) < 4.78 is 17.7. The molecule has 3 aromatic rings. The zero-order chi connectivity index (χ0) is 31.9. The molecule has 0 aliphatic heterocycles. The highest BCUT2D eigenvalue weighted by atomic mass is 79.9. The van der Waals surface area contributed by atoms with Gasteiger partial charge in [0.05, 0.1) is 17.7 Å². The van der Waals surface area contributed by atoms with Gasteiger partial charge in [0, 0.05) is 25.7 Å². The molecule has 0 saturated carbocycles. The van der Waals surface area contributed by atoms with E-state index in [2.05, 4.69) is 53.9 Å². The van der Waals surface area contributed by atoms with Gasteiger partial charge < -0.3 is 19.5 Å². The van der Waals surface area contributed by atoms with Crippen LogP contribution in [-0.4, -0.2) is 52.7 Å². The van der Waals surface area contributed by atoms with Crippen molar-refractivity contribution < 1.29 is 23.8 Å². The van der Waals surface area contributed by atoms with Crippen LogP contribution in [0.2, 0.25) is 25.7 Å². The lowest BCUT2D eigenvalue weighted by Gasteiger charge is -2.26. The number of halogens is 1. The quantitative estimate of drug-likeness (QED) is 0.117.